The van der Waals surface area contributed by atoms with Crippen molar-refractivity contribution in [1.82, 2.24) is 0 Å². The highest BCUT2D eigenvalue weighted by molar-refractivity contribution is 5.92. The van der Waals surface area contributed by atoms with E-state index in [-0.39, 0.29) is 24.4 Å². The van der Waals surface area contributed by atoms with Crippen LogP contribution in [0.3, 0.4) is 0 Å². The first-order valence-corrected chi connectivity index (χ1v) is 8.75. The van der Waals surface area contributed by atoms with Crippen LogP contribution in [0.2, 0.25) is 0 Å². The Morgan fingerprint density at radius 2 is 1.96 bits per heavy atom. The summed E-state index contributed by atoms with van der Waals surface area (Å²) in [4.78, 5) is 13.4. The van der Waals surface area contributed by atoms with Gasteiger partial charge in [-0.3, -0.25) is 4.79 Å². The van der Waals surface area contributed by atoms with Crippen LogP contribution in [-0.4, -0.2) is 44.3 Å². The van der Waals surface area contributed by atoms with Crippen LogP contribution in [0, 0.1) is 22.7 Å². The second-order valence-corrected chi connectivity index (χ2v) is 8.43. The third kappa shape index (κ3) is 2.25. The average molecular weight is 338 g/mol. The minimum Gasteiger partial charge on any atom is -0.359 e. The first-order chi connectivity index (χ1) is 11.2. The lowest BCUT2D eigenvalue weighted by atomic mass is 9.42. The van der Waals surface area contributed by atoms with Gasteiger partial charge in [0.2, 0.25) is 0 Å². The van der Waals surface area contributed by atoms with E-state index in [0.29, 0.717) is 19.6 Å². The van der Waals surface area contributed by atoms with E-state index in [4.69, 9.17) is 18.9 Å². The van der Waals surface area contributed by atoms with Gasteiger partial charge in [-0.25, -0.2) is 0 Å². The van der Waals surface area contributed by atoms with Gasteiger partial charge in [-0.05, 0) is 13.3 Å². The summed E-state index contributed by atoms with van der Waals surface area (Å²) >= 11 is 0. The van der Waals surface area contributed by atoms with Gasteiger partial charge in [-0.2, -0.15) is 0 Å². The Kier molecular flexibility index (Phi) is 4.23. The van der Waals surface area contributed by atoms with Gasteiger partial charge in [0.15, 0.2) is 5.79 Å². The molecule has 5 nitrogen and oxygen atoms in total. The number of ether oxygens (including phenoxy) is 4. The lowest BCUT2D eigenvalue weighted by Gasteiger charge is -2.64. The normalized spacial score (nSPS) is 39.1. The number of ketones is 1. The zero-order chi connectivity index (χ0) is 17.8. The highest BCUT2D eigenvalue weighted by atomic mass is 16.7. The van der Waals surface area contributed by atoms with Crippen molar-refractivity contribution in [2.45, 2.75) is 51.9 Å². The van der Waals surface area contributed by atoms with Crippen molar-refractivity contribution in [2.24, 2.45) is 22.7 Å². The fraction of sp³-hybridized carbons (Fsp3) is 0.842. The molecule has 2 bridgehead atoms. The van der Waals surface area contributed by atoms with Gasteiger partial charge in [0.05, 0.1) is 18.8 Å². The summed E-state index contributed by atoms with van der Waals surface area (Å²) in [6.07, 6.45) is 3.20. The largest absolute Gasteiger partial charge is 0.359 e. The summed E-state index contributed by atoms with van der Waals surface area (Å²) in [5.74, 6) is -0.333. The molecule has 1 aliphatic heterocycles. The van der Waals surface area contributed by atoms with Crippen molar-refractivity contribution >= 4 is 5.78 Å². The predicted molar refractivity (Wildman–Crippen MR) is 89.3 cm³/mol. The van der Waals surface area contributed by atoms with E-state index in [1.807, 2.05) is 33.8 Å². The molecular formula is C19H30O5. The van der Waals surface area contributed by atoms with E-state index in [2.05, 4.69) is 6.58 Å². The number of Topliss-reactive ketones (excluding diaryl/α,β-unsaturated/α-hetero) is 1. The first kappa shape index (κ1) is 18.1. The smallest absolute Gasteiger partial charge is 0.173 e. The minimum atomic E-state index is -0.633. The van der Waals surface area contributed by atoms with Gasteiger partial charge in [-0.1, -0.05) is 26.8 Å². The molecular weight excluding hydrogens is 308 g/mol. The summed E-state index contributed by atoms with van der Waals surface area (Å²) in [5.41, 5.74) is -1.69. The van der Waals surface area contributed by atoms with Crippen LogP contribution < -0.4 is 0 Å². The molecule has 1 saturated heterocycles. The van der Waals surface area contributed by atoms with Crippen molar-refractivity contribution in [3.63, 3.8) is 0 Å². The summed E-state index contributed by atoms with van der Waals surface area (Å²) in [7, 11) is 1.60. The van der Waals surface area contributed by atoms with Gasteiger partial charge in [0.1, 0.15) is 12.6 Å². The van der Waals surface area contributed by atoms with Crippen LogP contribution in [0.25, 0.3) is 0 Å². The molecule has 0 unspecified atom stereocenters. The number of rotatable bonds is 5. The van der Waals surface area contributed by atoms with Gasteiger partial charge in [0.25, 0.3) is 0 Å². The van der Waals surface area contributed by atoms with Crippen molar-refractivity contribution in [3.05, 3.63) is 12.7 Å². The van der Waals surface area contributed by atoms with Crippen LogP contribution in [0.1, 0.15) is 40.5 Å². The summed E-state index contributed by atoms with van der Waals surface area (Å²) in [5, 5.41) is 0. The molecule has 1 heterocycles. The molecule has 0 amide bonds. The van der Waals surface area contributed by atoms with E-state index >= 15 is 0 Å². The van der Waals surface area contributed by atoms with Crippen molar-refractivity contribution in [3.8, 4) is 0 Å². The van der Waals surface area contributed by atoms with E-state index in [0.717, 1.165) is 6.42 Å². The molecule has 4 rings (SSSR count). The van der Waals surface area contributed by atoms with Crippen LogP contribution in [0.15, 0.2) is 12.7 Å². The zero-order valence-corrected chi connectivity index (χ0v) is 15.5. The molecule has 4 fully saturated rings. The maximum Gasteiger partial charge on any atom is 0.173 e. The average Bonchev–Trinajstić information content (AvgIpc) is 2.98. The third-order valence-corrected chi connectivity index (χ3v) is 6.72. The molecule has 4 atom stereocenters. The van der Waals surface area contributed by atoms with E-state index in [1.165, 1.54) is 0 Å². The SMILES string of the molecule is C=C[C@@](C)(OCOC)[C@@H]1C[C@H]2C3(C[C@]1(C)C(=O)C2(C)C)OCCO3. The van der Waals surface area contributed by atoms with Crippen molar-refractivity contribution < 1.29 is 23.7 Å². The standard InChI is InChI=1S/C19H30O5/c1-7-18(5,24-12-21-6)14-10-13-16(2,3)15(20)17(14,4)11-19(13)22-8-9-23-19/h7,13-14H,1,8-12H2,2-6H3/t13-,14-,17+,18-/m1/s1. The van der Waals surface area contributed by atoms with Gasteiger partial charge >= 0.3 is 0 Å². The molecule has 0 N–H and O–H groups in total. The molecule has 3 aliphatic carbocycles. The number of carbonyl (C=O) groups excluding carboxylic acids is 1. The molecule has 0 radical (unpaired) electrons. The molecule has 0 aromatic carbocycles. The predicted octanol–water partition coefficient (Wildman–Crippen LogP) is 2.94. The van der Waals surface area contributed by atoms with Crippen LogP contribution >= 0.6 is 0 Å². The molecule has 4 aliphatic rings. The monoisotopic (exact) mass is 338 g/mol. The second-order valence-electron chi connectivity index (χ2n) is 8.43. The van der Waals surface area contributed by atoms with Crippen LogP contribution in [-0.2, 0) is 23.7 Å². The fourth-order valence-corrected chi connectivity index (χ4v) is 5.54. The minimum absolute atomic E-state index is 0.0113. The molecule has 24 heavy (non-hydrogen) atoms. The Morgan fingerprint density at radius 3 is 2.50 bits per heavy atom. The van der Waals surface area contributed by atoms with Crippen LogP contribution in [0.5, 0.6) is 0 Å². The van der Waals surface area contributed by atoms with E-state index in [1.54, 1.807) is 7.11 Å². The molecule has 0 aromatic heterocycles. The maximum atomic E-state index is 13.4. The molecule has 3 saturated carbocycles. The third-order valence-electron chi connectivity index (χ3n) is 6.72. The highest BCUT2D eigenvalue weighted by Crippen LogP contribution is 2.66. The Bertz CT molecular complexity index is 536. The Morgan fingerprint density at radius 1 is 1.33 bits per heavy atom. The molecule has 5 heteroatoms. The Balaban J connectivity index is 2.02. The first-order valence-electron chi connectivity index (χ1n) is 8.75. The zero-order valence-electron chi connectivity index (χ0n) is 15.5. The van der Waals surface area contributed by atoms with Crippen molar-refractivity contribution in [2.75, 3.05) is 27.1 Å². The summed E-state index contributed by atoms with van der Waals surface area (Å²) < 4.78 is 23.2. The molecule has 1 spiro atoms. The van der Waals surface area contributed by atoms with Crippen molar-refractivity contribution in [1.29, 1.82) is 0 Å². The number of carbonyl (C=O) groups is 1. The lowest BCUT2D eigenvalue weighted by molar-refractivity contribution is -0.298. The highest BCUT2D eigenvalue weighted by Gasteiger charge is 2.72. The Labute approximate surface area is 144 Å². The van der Waals surface area contributed by atoms with Gasteiger partial charge in [0, 0.05) is 36.2 Å². The summed E-state index contributed by atoms with van der Waals surface area (Å²) in [6.45, 7) is 13.4. The summed E-state index contributed by atoms with van der Waals surface area (Å²) in [6, 6.07) is 0. The van der Waals surface area contributed by atoms with E-state index in [9.17, 15) is 4.79 Å². The lowest BCUT2D eigenvalue weighted by Crippen LogP contribution is -2.70. The van der Waals surface area contributed by atoms with Gasteiger partial charge < -0.3 is 18.9 Å². The number of fused-ring (bicyclic) bond motifs is 2. The fourth-order valence-electron chi connectivity index (χ4n) is 5.54. The quantitative estimate of drug-likeness (QED) is 0.570. The number of hydrogen-bond acceptors (Lipinski definition) is 5. The topological polar surface area (TPSA) is 54.0 Å². The number of hydrogen-bond donors (Lipinski definition) is 0. The number of methoxy groups -OCH3 is 1. The molecule has 136 valence electrons. The molecule has 0 aromatic rings. The Hall–Kier alpha value is -0.750. The van der Waals surface area contributed by atoms with E-state index < -0.39 is 22.2 Å². The van der Waals surface area contributed by atoms with Crippen LogP contribution in [0.4, 0.5) is 0 Å². The van der Waals surface area contributed by atoms with Gasteiger partial charge in [-0.15, -0.1) is 6.58 Å². The second kappa shape index (κ2) is 5.63. The maximum absolute atomic E-state index is 13.4.